The molecule has 4 heteroatoms. The van der Waals surface area contributed by atoms with Crippen LogP contribution in [0.4, 0.5) is 0 Å². The number of methoxy groups -OCH3 is 1. The molecule has 0 radical (unpaired) electrons. The molecule has 1 atom stereocenters. The molecule has 1 N–H and O–H groups in total. The molecule has 0 aromatic carbocycles. The van der Waals surface area contributed by atoms with E-state index in [0.717, 1.165) is 37.4 Å². The molecule has 0 spiro atoms. The largest absolute Gasteiger partial charge is 0.370 e. The van der Waals surface area contributed by atoms with E-state index >= 15 is 0 Å². The Morgan fingerprint density at radius 2 is 2.00 bits per heavy atom. The molecule has 0 saturated heterocycles. The van der Waals surface area contributed by atoms with E-state index in [0.29, 0.717) is 0 Å². The minimum atomic E-state index is -0.355. The second-order valence-corrected chi connectivity index (χ2v) is 6.04. The zero-order valence-corrected chi connectivity index (χ0v) is 11.8. The molecule has 18 heavy (non-hydrogen) atoms. The van der Waals surface area contributed by atoms with Gasteiger partial charge in [-0.25, -0.2) is 0 Å². The van der Waals surface area contributed by atoms with Crippen LogP contribution in [0.3, 0.4) is 0 Å². The summed E-state index contributed by atoms with van der Waals surface area (Å²) in [6.45, 7) is 6.32. The van der Waals surface area contributed by atoms with Crippen molar-refractivity contribution < 1.29 is 9.53 Å². The van der Waals surface area contributed by atoms with Crippen LogP contribution in [0.15, 0.2) is 4.99 Å². The van der Waals surface area contributed by atoms with Crippen molar-refractivity contribution in [3.8, 4) is 0 Å². The predicted molar refractivity (Wildman–Crippen MR) is 71.6 cm³/mol. The summed E-state index contributed by atoms with van der Waals surface area (Å²) in [6.07, 6.45) is 4.17. The van der Waals surface area contributed by atoms with Crippen LogP contribution in [0, 0.1) is 11.8 Å². The van der Waals surface area contributed by atoms with Gasteiger partial charge in [0.1, 0.15) is 17.5 Å². The van der Waals surface area contributed by atoms with Gasteiger partial charge >= 0.3 is 0 Å². The number of nitrogens with zero attached hydrogens (tertiary/aromatic N) is 1. The summed E-state index contributed by atoms with van der Waals surface area (Å²) >= 11 is 0. The van der Waals surface area contributed by atoms with Gasteiger partial charge in [-0.1, -0.05) is 20.8 Å². The maximum absolute atomic E-state index is 11.9. The Labute approximate surface area is 109 Å². The molecule has 1 saturated carbocycles. The second kappa shape index (κ2) is 5.00. The first kappa shape index (κ1) is 13.5. The van der Waals surface area contributed by atoms with Crippen LogP contribution in [-0.4, -0.2) is 30.5 Å². The average Bonchev–Trinajstić information content (AvgIpc) is 2.73. The molecule has 0 bridgehead atoms. The normalized spacial score (nSPS) is 36.7. The highest BCUT2D eigenvalue weighted by molar-refractivity contribution is 6.09. The molecule has 1 amide bonds. The highest BCUT2D eigenvalue weighted by Gasteiger charge is 2.44. The number of nitrogens with one attached hydrogen (secondary N) is 1. The van der Waals surface area contributed by atoms with Gasteiger partial charge in [0, 0.05) is 7.11 Å². The highest BCUT2D eigenvalue weighted by Crippen LogP contribution is 2.36. The van der Waals surface area contributed by atoms with E-state index < -0.39 is 0 Å². The van der Waals surface area contributed by atoms with Crippen molar-refractivity contribution in [1.29, 1.82) is 0 Å². The fourth-order valence-corrected chi connectivity index (χ4v) is 2.87. The van der Waals surface area contributed by atoms with Crippen molar-refractivity contribution in [3.05, 3.63) is 0 Å². The van der Waals surface area contributed by atoms with Gasteiger partial charge in [-0.2, -0.15) is 0 Å². The van der Waals surface area contributed by atoms with Crippen molar-refractivity contribution in [2.45, 2.75) is 58.1 Å². The lowest BCUT2D eigenvalue weighted by Crippen LogP contribution is -2.49. The summed E-state index contributed by atoms with van der Waals surface area (Å²) in [5.41, 5.74) is -0.355. The zero-order chi connectivity index (χ0) is 13.3. The maximum atomic E-state index is 11.9. The smallest absolute Gasteiger partial charge is 0.250 e. The molecule has 1 unspecified atom stereocenters. The minimum absolute atomic E-state index is 0.0232. The van der Waals surface area contributed by atoms with Gasteiger partial charge in [0.25, 0.3) is 0 Å². The maximum Gasteiger partial charge on any atom is 0.250 e. The molecule has 2 aliphatic rings. The van der Waals surface area contributed by atoms with E-state index in [1.807, 2.05) is 13.8 Å². The van der Waals surface area contributed by atoms with Crippen molar-refractivity contribution >= 4 is 11.7 Å². The fraction of sp³-hybridized carbons (Fsp3) is 0.857. The van der Waals surface area contributed by atoms with Crippen LogP contribution in [-0.2, 0) is 9.53 Å². The molecule has 1 fully saturated rings. The number of hydrogen-bond acceptors (Lipinski definition) is 3. The van der Waals surface area contributed by atoms with Crippen molar-refractivity contribution in [2.24, 2.45) is 16.8 Å². The summed E-state index contributed by atoms with van der Waals surface area (Å²) in [7, 11) is 1.73. The molecule has 0 aromatic heterocycles. The Morgan fingerprint density at radius 1 is 1.39 bits per heavy atom. The van der Waals surface area contributed by atoms with E-state index in [1.54, 1.807) is 7.11 Å². The monoisotopic (exact) mass is 252 g/mol. The molecule has 102 valence electrons. The van der Waals surface area contributed by atoms with E-state index in [2.05, 4.69) is 17.2 Å². The summed E-state index contributed by atoms with van der Waals surface area (Å²) in [5.74, 6) is 1.77. The van der Waals surface area contributed by atoms with Crippen LogP contribution < -0.4 is 5.32 Å². The predicted octanol–water partition coefficient (Wildman–Crippen LogP) is 2.13. The third kappa shape index (κ3) is 2.30. The topological polar surface area (TPSA) is 50.7 Å². The number of aliphatic imine (C=N–C) groups is 1. The van der Waals surface area contributed by atoms with E-state index in [4.69, 9.17) is 4.74 Å². The van der Waals surface area contributed by atoms with Gasteiger partial charge < -0.3 is 10.1 Å². The third-order valence-electron chi connectivity index (χ3n) is 4.31. The minimum Gasteiger partial charge on any atom is -0.370 e. The Hall–Kier alpha value is -0.900. The van der Waals surface area contributed by atoms with E-state index in [-0.39, 0.29) is 23.5 Å². The number of ether oxygens (including phenoxy) is 1. The lowest BCUT2D eigenvalue weighted by Gasteiger charge is -2.37. The van der Waals surface area contributed by atoms with Crippen molar-refractivity contribution in [2.75, 3.05) is 7.11 Å². The van der Waals surface area contributed by atoms with Crippen LogP contribution >= 0.6 is 0 Å². The lowest BCUT2D eigenvalue weighted by molar-refractivity contribution is -0.121. The molecule has 4 nitrogen and oxygen atoms in total. The Morgan fingerprint density at radius 3 is 2.44 bits per heavy atom. The van der Waals surface area contributed by atoms with E-state index in [9.17, 15) is 4.79 Å². The standard InChI is InChI=1S/C14H24N2O2/c1-9(2)11-12(17)16-13(15-11)14(18-4)7-5-10(3)6-8-14/h9-11H,5-8H2,1-4H3,(H,15,16,17). The van der Waals surface area contributed by atoms with Crippen LogP contribution in [0.1, 0.15) is 46.5 Å². The lowest BCUT2D eigenvalue weighted by atomic mass is 9.78. The zero-order valence-electron chi connectivity index (χ0n) is 11.8. The van der Waals surface area contributed by atoms with Gasteiger partial charge in [-0.3, -0.25) is 9.79 Å². The molecule has 2 rings (SSSR count). The van der Waals surface area contributed by atoms with Gasteiger partial charge in [0.05, 0.1) is 0 Å². The summed E-state index contributed by atoms with van der Waals surface area (Å²) < 4.78 is 5.74. The number of amides is 1. The Balaban J connectivity index is 2.19. The second-order valence-electron chi connectivity index (χ2n) is 6.04. The SMILES string of the molecule is COC1(C2=NC(C(C)C)C(=O)N2)CCC(C)CC1. The number of amidine groups is 1. The molecule has 1 aliphatic heterocycles. The first-order chi connectivity index (χ1) is 8.48. The van der Waals surface area contributed by atoms with Crippen molar-refractivity contribution in [1.82, 2.24) is 5.32 Å². The Kier molecular flexibility index (Phi) is 3.76. The third-order valence-corrected chi connectivity index (χ3v) is 4.31. The van der Waals surface area contributed by atoms with Gasteiger partial charge in [0.15, 0.2) is 0 Å². The van der Waals surface area contributed by atoms with E-state index in [1.165, 1.54) is 0 Å². The number of hydrogen-bond donors (Lipinski definition) is 1. The molecular weight excluding hydrogens is 228 g/mol. The molecular formula is C14H24N2O2. The number of rotatable bonds is 3. The highest BCUT2D eigenvalue weighted by atomic mass is 16.5. The first-order valence-corrected chi connectivity index (χ1v) is 6.93. The molecule has 0 aromatic rings. The average molecular weight is 252 g/mol. The molecule has 1 aliphatic carbocycles. The number of carbonyl (C=O) groups excluding carboxylic acids is 1. The van der Waals surface area contributed by atoms with Crippen molar-refractivity contribution in [3.63, 3.8) is 0 Å². The Bertz CT molecular complexity index is 355. The van der Waals surface area contributed by atoms with Crippen LogP contribution in [0.5, 0.6) is 0 Å². The first-order valence-electron chi connectivity index (χ1n) is 6.93. The number of carbonyl (C=O) groups is 1. The van der Waals surface area contributed by atoms with Crippen LogP contribution in [0.25, 0.3) is 0 Å². The summed E-state index contributed by atoms with van der Waals surface area (Å²) in [5, 5.41) is 2.95. The summed E-state index contributed by atoms with van der Waals surface area (Å²) in [4.78, 5) is 16.5. The van der Waals surface area contributed by atoms with Crippen LogP contribution in [0.2, 0.25) is 0 Å². The fourth-order valence-electron chi connectivity index (χ4n) is 2.87. The van der Waals surface area contributed by atoms with Gasteiger partial charge in [-0.15, -0.1) is 0 Å². The van der Waals surface area contributed by atoms with Gasteiger partial charge in [-0.05, 0) is 37.5 Å². The summed E-state index contributed by atoms with van der Waals surface area (Å²) in [6, 6.07) is -0.244. The quantitative estimate of drug-likeness (QED) is 0.836. The van der Waals surface area contributed by atoms with Gasteiger partial charge in [0.2, 0.25) is 5.91 Å². The molecule has 1 heterocycles.